The highest BCUT2D eigenvalue weighted by Crippen LogP contribution is 2.19. The number of nitrogens with zero attached hydrogens (tertiary/aromatic N) is 1. The minimum absolute atomic E-state index is 0.552. The van der Waals surface area contributed by atoms with Crippen molar-refractivity contribution in [1.29, 1.82) is 0 Å². The first kappa shape index (κ1) is 16.1. The third-order valence-electron chi connectivity index (χ3n) is 3.12. The number of hydrogen-bond donors (Lipinski definition) is 0. The molecule has 3 aromatic carbocycles. The molecule has 0 radical (unpaired) electrons. The molecule has 0 N–H and O–H groups in total. The van der Waals surface area contributed by atoms with E-state index in [0.29, 0.717) is 5.90 Å². The molecule has 0 aliphatic rings. The van der Waals surface area contributed by atoms with Crippen LogP contribution in [0.25, 0.3) is 0 Å². The summed E-state index contributed by atoms with van der Waals surface area (Å²) in [5.41, 5.74) is 0.859. The van der Waals surface area contributed by atoms with E-state index in [2.05, 4.69) is 17.1 Å². The summed E-state index contributed by atoms with van der Waals surface area (Å²) in [5, 5.41) is 1.99. The lowest BCUT2D eigenvalue weighted by atomic mass is 10.3. The van der Waals surface area contributed by atoms with Crippen LogP contribution in [-0.4, -0.2) is 5.90 Å². The van der Waals surface area contributed by atoms with Crippen molar-refractivity contribution in [2.45, 2.75) is 4.90 Å². The normalized spacial score (nSPS) is 11.6. The largest absolute Gasteiger partial charge is 0.439 e. The molecule has 0 amide bonds. The molecule has 0 saturated carbocycles. The fourth-order valence-electron chi connectivity index (χ4n) is 2.00. The summed E-state index contributed by atoms with van der Waals surface area (Å²) in [6, 6.07) is 29.7. The van der Waals surface area contributed by atoms with Gasteiger partial charge in [0, 0.05) is 11.0 Å². The second-order valence-electron chi connectivity index (χ2n) is 4.93. The van der Waals surface area contributed by atoms with E-state index >= 15 is 0 Å². The van der Waals surface area contributed by atoms with Gasteiger partial charge in [-0.1, -0.05) is 66.4 Å². The Morgan fingerprint density at radius 2 is 1.33 bits per heavy atom. The summed E-state index contributed by atoms with van der Waals surface area (Å²) in [6.45, 7) is 0. The van der Waals surface area contributed by atoms with Crippen LogP contribution >= 0.6 is 11.8 Å². The summed E-state index contributed by atoms with van der Waals surface area (Å²) in [6.07, 6.45) is 1.89. The van der Waals surface area contributed by atoms with Gasteiger partial charge in [-0.3, -0.25) is 0 Å². The smallest absolute Gasteiger partial charge is 0.220 e. The third-order valence-corrected chi connectivity index (χ3v) is 3.94. The van der Waals surface area contributed by atoms with Crippen molar-refractivity contribution in [2.24, 2.45) is 4.99 Å². The van der Waals surface area contributed by atoms with Gasteiger partial charge in [-0.25, -0.2) is 4.99 Å². The Morgan fingerprint density at radius 3 is 2.00 bits per heavy atom. The highest BCUT2D eigenvalue weighted by atomic mass is 32.2. The second-order valence-corrected chi connectivity index (χ2v) is 5.91. The molecule has 0 aliphatic carbocycles. The third kappa shape index (κ3) is 5.14. The Bertz CT molecular complexity index is 799. The van der Waals surface area contributed by atoms with E-state index < -0.39 is 0 Å². The number of hydrogen-bond acceptors (Lipinski definition) is 3. The van der Waals surface area contributed by atoms with Gasteiger partial charge >= 0.3 is 0 Å². The molecule has 24 heavy (non-hydrogen) atoms. The molecule has 0 fully saturated rings. The SMILES string of the molecule is C(=CC(=Nc1ccccc1)Oc1ccccc1)Sc1ccccc1. The molecule has 0 unspecified atom stereocenters. The van der Waals surface area contributed by atoms with E-state index in [1.54, 1.807) is 11.8 Å². The standard InChI is InChI=1S/C21H17NOS/c1-4-10-18(11-5-1)22-21(23-19-12-6-2-7-13-19)16-17-24-20-14-8-3-9-15-20/h1-17H. The monoisotopic (exact) mass is 331 g/mol. The molecule has 0 heterocycles. The molecule has 0 aromatic heterocycles. The van der Waals surface area contributed by atoms with E-state index in [9.17, 15) is 0 Å². The lowest BCUT2D eigenvalue weighted by Crippen LogP contribution is -2.04. The zero-order chi connectivity index (χ0) is 16.5. The highest BCUT2D eigenvalue weighted by molar-refractivity contribution is 8.02. The maximum Gasteiger partial charge on any atom is 0.220 e. The lowest BCUT2D eigenvalue weighted by Gasteiger charge is -2.05. The van der Waals surface area contributed by atoms with Gasteiger partial charge in [-0.2, -0.15) is 0 Å². The van der Waals surface area contributed by atoms with Gasteiger partial charge in [-0.05, 0) is 41.8 Å². The Kier molecular flexibility index (Phi) is 5.87. The van der Waals surface area contributed by atoms with Gasteiger partial charge in [0.15, 0.2) is 0 Å². The number of ether oxygens (including phenoxy) is 1. The predicted molar refractivity (Wildman–Crippen MR) is 102 cm³/mol. The molecule has 2 nitrogen and oxygen atoms in total. The van der Waals surface area contributed by atoms with Gasteiger partial charge in [0.05, 0.1) is 5.69 Å². The average molecular weight is 331 g/mol. The molecule has 118 valence electrons. The first-order valence-corrected chi connectivity index (χ1v) is 8.53. The summed E-state index contributed by atoms with van der Waals surface area (Å²) < 4.78 is 5.91. The van der Waals surface area contributed by atoms with Crippen molar-refractivity contribution in [3.05, 3.63) is 102 Å². The van der Waals surface area contributed by atoms with Crippen molar-refractivity contribution in [3.63, 3.8) is 0 Å². The number of thioether (sulfide) groups is 1. The Balaban J connectivity index is 1.78. The van der Waals surface area contributed by atoms with Crippen LogP contribution in [0.5, 0.6) is 5.75 Å². The second kappa shape index (κ2) is 8.75. The van der Waals surface area contributed by atoms with E-state index in [1.165, 1.54) is 4.90 Å². The van der Waals surface area contributed by atoms with Crippen molar-refractivity contribution in [2.75, 3.05) is 0 Å². The minimum Gasteiger partial charge on any atom is -0.439 e. The molecular formula is C21H17NOS. The summed E-state index contributed by atoms with van der Waals surface area (Å²) in [4.78, 5) is 5.75. The number of para-hydroxylation sites is 2. The lowest BCUT2D eigenvalue weighted by molar-refractivity contribution is 0.556. The van der Waals surface area contributed by atoms with Crippen molar-refractivity contribution < 1.29 is 4.74 Å². The van der Waals surface area contributed by atoms with Crippen LogP contribution in [0.15, 0.2) is 112 Å². The van der Waals surface area contributed by atoms with Crippen molar-refractivity contribution >= 4 is 23.3 Å². The Labute approximate surface area is 146 Å². The Hall–Kier alpha value is -2.78. The predicted octanol–water partition coefficient (Wildman–Crippen LogP) is 6.10. The van der Waals surface area contributed by atoms with Crippen LogP contribution in [0, 0.1) is 0 Å². The van der Waals surface area contributed by atoms with Crippen LogP contribution in [0.3, 0.4) is 0 Å². The fraction of sp³-hybridized carbons (Fsp3) is 0. The van der Waals surface area contributed by atoms with Gasteiger partial charge < -0.3 is 4.74 Å². The van der Waals surface area contributed by atoms with Crippen LogP contribution < -0.4 is 4.74 Å². The molecule has 0 bridgehead atoms. The van der Waals surface area contributed by atoms with Crippen LogP contribution in [-0.2, 0) is 0 Å². The van der Waals surface area contributed by atoms with E-state index in [-0.39, 0.29) is 0 Å². The van der Waals surface area contributed by atoms with Crippen LogP contribution in [0.1, 0.15) is 0 Å². The molecule has 3 heteroatoms. The molecule has 3 aromatic rings. The van der Waals surface area contributed by atoms with E-state index in [0.717, 1.165) is 11.4 Å². The van der Waals surface area contributed by atoms with E-state index in [1.807, 2.05) is 90.3 Å². The topological polar surface area (TPSA) is 21.6 Å². The average Bonchev–Trinajstić information content (AvgIpc) is 2.64. The molecule has 0 spiro atoms. The minimum atomic E-state index is 0.552. The number of benzene rings is 3. The first-order valence-electron chi connectivity index (χ1n) is 7.65. The molecular weight excluding hydrogens is 314 g/mol. The summed E-state index contributed by atoms with van der Waals surface area (Å²) in [7, 11) is 0. The molecule has 0 aliphatic heterocycles. The quantitative estimate of drug-likeness (QED) is 0.320. The summed E-state index contributed by atoms with van der Waals surface area (Å²) in [5.74, 6) is 1.32. The zero-order valence-electron chi connectivity index (χ0n) is 13.1. The Morgan fingerprint density at radius 1 is 0.750 bits per heavy atom. The highest BCUT2D eigenvalue weighted by Gasteiger charge is 2.00. The van der Waals surface area contributed by atoms with Crippen molar-refractivity contribution in [1.82, 2.24) is 0 Å². The van der Waals surface area contributed by atoms with Gasteiger partial charge in [-0.15, -0.1) is 0 Å². The number of aliphatic imine (C=N–C) groups is 1. The number of rotatable bonds is 5. The van der Waals surface area contributed by atoms with Gasteiger partial charge in [0.1, 0.15) is 5.75 Å². The van der Waals surface area contributed by atoms with E-state index in [4.69, 9.17) is 4.74 Å². The van der Waals surface area contributed by atoms with Crippen molar-refractivity contribution in [3.8, 4) is 5.75 Å². The summed E-state index contributed by atoms with van der Waals surface area (Å²) >= 11 is 1.63. The van der Waals surface area contributed by atoms with Crippen LogP contribution in [0.4, 0.5) is 5.69 Å². The maximum atomic E-state index is 5.91. The first-order chi connectivity index (χ1) is 11.9. The molecule has 0 atom stereocenters. The molecule has 3 rings (SSSR count). The van der Waals surface area contributed by atoms with Gasteiger partial charge in [0.2, 0.25) is 5.90 Å². The van der Waals surface area contributed by atoms with Gasteiger partial charge in [0.25, 0.3) is 0 Å². The fourth-order valence-corrected chi connectivity index (χ4v) is 2.66. The maximum absolute atomic E-state index is 5.91. The van der Waals surface area contributed by atoms with Crippen LogP contribution in [0.2, 0.25) is 0 Å². The molecule has 0 saturated heterocycles. The zero-order valence-corrected chi connectivity index (χ0v) is 13.9.